The van der Waals surface area contributed by atoms with E-state index in [4.69, 9.17) is 39.8 Å². The van der Waals surface area contributed by atoms with Crippen molar-refractivity contribution in [2.45, 2.75) is 20.4 Å². The maximum absolute atomic E-state index is 12.6. The molecule has 0 aliphatic rings. The van der Waals surface area contributed by atoms with Crippen LogP contribution in [0.1, 0.15) is 29.8 Å². The molecule has 182 valence electrons. The summed E-state index contributed by atoms with van der Waals surface area (Å²) in [6.07, 6.45) is 0. The van der Waals surface area contributed by atoms with Crippen LogP contribution in [0.15, 0.2) is 60.7 Å². The number of rotatable bonds is 9. The number of halogens is 3. The van der Waals surface area contributed by atoms with Crippen LogP contribution in [0.25, 0.3) is 22.4 Å². The summed E-state index contributed by atoms with van der Waals surface area (Å²) in [5.41, 5.74) is 4.20. The van der Waals surface area contributed by atoms with Crippen LogP contribution in [-0.4, -0.2) is 46.5 Å². The zero-order valence-corrected chi connectivity index (χ0v) is 22.0. The Morgan fingerprint density at radius 3 is 2.26 bits per heavy atom. The molecule has 0 fully saturated rings. The second-order valence-electron chi connectivity index (χ2n) is 8.26. The quantitative estimate of drug-likeness (QED) is 0.260. The smallest absolute Gasteiger partial charge is 0.251 e. The summed E-state index contributed by atoms with van der Waals surface area (Å²) >= 11 is 18.7. The second kappa shape index (κ2) is 11.4. The molecule has 1 heterocycles. The molecule has 4 rings (SSSR count). The van der Waals surface area contributed by atoms with E-state index in [1.165, 1.54) is 0 Å². The number of imidazole rings is 1. The summed E-state index contributed by atoms with van der Waals surface area (Å²) in [7, 11) is 0. The lowest BCUT2D eigenvalue weighted by atomic mass is 10.1. The van der Waals surface area contributed by atoms with Gasteiger partial charge in [-0.1, -0.05) is 72.9 Å². The van der Waals surface area contributed by atoms with E-state index in [0.717, 1.165) is 47.6 Å². The van der Waals surface area contributed by atoms with Crippen molar-refractivity contribution in [1.29, 1.82) is 0 Å². The number of amides is 1. The monoisotopic (exact) mass is 528 g/mol. The van der Waals surface area contributed by atoms with Crippen LogP contribution in [0.2, 0.25) is 15.1 Å². The van der Waals surface area contributed by atoms with E-state index in [1.54, 1.807) is 6.07 Å². The molecule has 0 saturated heterocycles. The first-order valence-corrected chi connectivity index (χ1v) is 12.7. The lowest BCUT2D eigenvalue weighted by molar-refractivity contribution is 0.0949. The molecule has 0 aliphatic carbocycles. The van der Waals surface area contributed by atoms with E-state index < -0.39 is 0 Å². The molecule has 0 spiro atoms. The number of aromatic nitrogens is 2. The summed E-state index contributed by atoms with van der Waals surface area (Å²) in [6, 6.07) is 18.8. The Kier molecular flexibility index (Phi) is 8.34. The van der Waals surface area contributed by atoms with E-state index in [1.807, 2.05) is 54.6 Å². The summed E-state index contributed by atoms with van der Waals surface area (Å²) in [5, 5.41) is 4.61. The van der Waals surface area contributed by atoms with Crippen molar-refractivity contribution in [3.05, 3.63) is 86.9 Å². The topological polar surface area (TPSA) is 50.2 Å². The predicted octanol–water partition coefficient (Wildman–Crippen LogP) is 6.78. The highest BCUT2D eigenvalue weighted by Crippen LogP contribution is 2.32. The number of hydrogen-bond donors (Lipinski definition) is 1. The van der Waals surface area contributed by atoms with Crippen molar-refractivity contribution < 1.29 is 4.79 Å². The highest BCUT2D eigenvalue weighted by atomic mass is 35.5. The lowest BCUT2D eigenvalue weighted by Crippen LogP contribution is -2.34. The van der Waals surface area contributed by atoms with Crippen LogP contribution < -0.4 is 5.32 Å². The second-order valence-corrected chi connectivity index (χ2v) is 9.51. The first kappa shape index (κ1) is 25.5. The summed E-state index contributed by atoms with van der Waals surface area (Å²) < 4.78 is 2.10. The predicted molar refractivity (Wildman–Crippen MR) is 146 cm³/mol. The number of nitrogens with zero attached hydrogens (tertiary/aromatic N) is 3. The molecule has 0 atom stereocenters. The van der Waals surface area contributed by atoms with Crippen molar-refractivity contribution in [2.75, 3.05) is 26.2 Å². The first-order valence-electron chi connectivity index (χ1n) is 11.6. The number of hydrogen-bond acceptors (Lipinski definition) is 3. The van der Waals surface area contributed by atoms with Gasteiger partial charge < -0.3 is 14.8 Å². The van der Waals surface area contributed by atoms with Gasteiger partial charge in [0.1, 0.15) is 5.82 Å². The summed E-state index contributed by atoms with van der Waals surface area (Å²) in [4.78, 5) is 19.7. The molecule has 4 aromatic rings. The molecule has 0 saturated carbocycles. The van der Waals surface area contributed by atoms with Gasteiger partial charge in [0.25, 0.3) is 5.91 Å². The first-order chi connectivity index (χ1) is 16.9. The van der Waals surface area contributed by atoms with Crippen LogP contribution in [0.5, 0.6) is 0 Å². The van der Waals surface area contributed by atoms with E-state index in [0.29, 0.717) is 33.7 Å². The van der Waals surface area contributed by atoms with Gasteiger partial charge in [0.15, 0.2) is 0 Å². The Bertz CT molecular complexity index is 1310. The third kappa shape index (κ3) is 5.99. The molecule has 5 nitrogen and oxygen atoms in total. The van der Waals surface area contributed by atoms with Crippen LogP contribution in [-0.2, 0) is 6.54 Å². The largest absolute Gasteiger partial charge is 0.351 e. The fourth-order valence-corrected chi connectivity index (χ4v) is 4.45. The Morgan fingerprint density at radius 2 is 1.60 bits per heavy atom. The number of carbonyl (C=O) groups is 1. The van der Waals surface area contributed by atoms with Crippen molar-refractivity contribution >= 4 is 51.7 Å². The van der Waals surface area contributed by atoms with Gasteiger partial charge in [0.2, 0.25) is 0 Å². The molecule has 0 unspecified atom stereocenters. The number of fused-ring (bicyclic) bond motifs is 1. The Labute approximate surface area is 220 Å². The van der Waals surface area contributed by atoms with Crippen LogP contribution in [0.3, 0.4) is 0 Å². The van der Waals surface area contributed by atoms with Crippen LogP contribution in [0, 0.1) is 0 Å². The fourth-order valence-electron chi connectivity index (χ4n) is 4.01. The van der Waals surface area contributed by atoms with Gasteiger partial charge in [-0.15, -0.1) is 0 Å². The standard InChI is InChI=1S/C27H27Cl3N4O/c1-3-33(4-2)14-13-31-27(35)20-9-7-19(8-10-20)26-32-24-15-22(29)23(30)16-25(24)34(26)17-18-5-11-21(28)12-6-18/h5-12,15-16H,3-4,13-14,17H2,1-2H3,(H,31,35). The van der Waals surface area contributed by atoms with Gasteiger partial charge in [-0.2, -0.15) is 0 Å². The number of benzene rings is 3. The van der Waals surface area contributed by atoms with Crippen LogP contribution >= 0.6 is 34.8 Å². The maximum Gasteiger partial charge on any atom is 0.251 e. The average Bonchev–Trinajstić information content (AvgIpc) is 3.20. The SMILES string of the molecule is CCN(CC)CCNC(=O)c1ccc(-c2nc3cc(Cl)c(Cl)cc3n2Cc2ccc(Cl)cc2)cc1. The molecule has 3 aromatic carbocycles. The summed E-state index contributed by atoms with van der Waals surface area (Å²) in [6.45, 7) is 8.19. The molecule has 1 amide bonds. The molecule has 0 bridgehead atoms. The molecule has 1 N–H and O–H groups in total. The number of likely N-dealkylation sites (N-methyl/N-ethyl adjacent to an activating group) is 1. The summed E-state index contributed by atoms with van der Waals surface area (Å²) in [5.74, 6) is 0.679. The Morgan fingerprint density at radius 1 is 0.943 bits per heavy atom. The van der Waals surface area contributed by atoms with E-state index in [2.05, 4.69) is 28.6 Å². The third-order valence-corrected chi connectivity index (χ3v) is 7.03. The number of nitrogens with one attached hydrogen (secondary N) is 1. The zero-order valence-electron chi connectivity index (χ0n) is 19.7. The van der Waals surface area contributed by atoms with Gasteiger partial charge >= 0.3 is 0 Å². The van der Waals surface area contributed by atoms with E-state index >= 15 is 0 Å². The Balaban J connectivity index is 1.62. The van der Waals surface area contributed by atoms with E-state index in [9.17, 15) is 4.79 Å². The molecule has 35 heavy (non-hydrogen) atoms. The molecular weight excluding hydrogens is 503 g/mol. The fraction of sp³-hybridized carbons (Fsp3) is 0.259. The van der Waals surface area contributed by atoms with Crippen LogP contribution in [0.4, 0.5) is 0 Å². The van der Waals surface area contributed by atoms with E-state index in [-0.39, 0.29) is 5.91 Å². The van der Waals surface area contributed by atoms with Gasteiger partial charge in [-0.3, -0.25) is 4.79 Å². The highest BCUT2D eigenvalue weighted by molar-refractivity contribution is 6.42. The minimum atomic E-state index is -0.0862. The lowest BCUT2D eigenvalue weighted by Gasteiger charge is -2.18. The van der Waals surface area contributed by atoms with Crippen molar-refractivity contribution in [3.8, 4) is 11.4 Å². The molecular formula is C27H27Cl3N4O. The molecule has 8 heteroatoms. The van der Waals surface area contributed by atoms with Gasteiger partial charge in [-0.05, 0) is 55.1 Å². The number of carbonyl (C=O) groups excluding carboxylic acids is 1. The van der Waals surface area contributed by atoms with Crippen molar-refractivity contribution in [1.82, 2.24) is 19.8 Å². The highest BCUT2D eigenvalue weighted by Gasteiger charge is 2.16. The molecule has 0 radical (unpaired) electrons. The van der Waals surface area contributed by atoms with Gasteiger partial charge in [0.05, 0.1) is 21.1 Å². The normalized spacial score (nSPS) is 11.4. The van der Waals surface area contributed by atoms with Gasteiger partial charge in [-0.25, -0.2) is 4.98 Å². The zero-order chi connectivity index (χ0) is 24.9. The third-order valence-electron chi connectivity index (χ3n) is 6.06. The maximum atomic E-state index is 12.6. The minimum absolute atomic E-state index is 0.0862. The molecule has 1 aromatic heterocycles. The minimum Gasteiger partial charge on any atom is -0.351 e. The van der Waals surface area contributed by atoms with Crippen molar-refractivity contribution in [3.63, 3.8) is 0 Å². The average molecular weight is 530 g/mol. The van der Waals surface area contributed by atoms with Gasteiger partial charge in [0, 0.05) is 35.8 Å². The van der Waals surface area contributed by atoms with Crippen molar-refractivity contribution in [2.24, 2.45) is 0 Å². The molecule has 0 aliphatic heterocycles. The Hall–Kier alpha value is -2.57.